The molecule has 0 unspecified atom stereocenters. The quantitative estimate of drug-likeness (QED) is 0.736. The maximum absolute atomic E-state index is 10.6. The Kier molecular flexibility index (Phi) is 5.69. The first-order valence-corrected chi connectivity index (χ1v) is 6.16. The Morgan fingerprint density at radius 1 is 1.33 bits per heavy atom. The van der Waals surface area contributed by atoms with Gasteiger partial charge < -0.3 is 5.11 Å². The summed E-state index contributed by atoms with van der Waals surface area (Å²) in [6.45, 7) is 4.03. The predicted octanol–water partition coefficient (Wildman–Crippen LogP) is 2.36. The Hall–Kier alpha value is -0.570. The van der Waals surface area contributed by atoms with Crippen molar-refractivity contribution in [3.05, 3.63) is 0 Å². The minimum absolute atomic E-state index is 0.198. The molecule has 0 aromatic rings. The summed E-state index contributed by atoms with van der Waals surface area (Å²) < 4.78 is 0. The third kappa shape index (κ3) is 5.17. The van der Waals surface area contributed by atoms with Crippen LogP contribution in [0.2, 0.25) is 0 Å². The van der Waals surface area contributed by atoms with Crippen molar-refractivity contribution in [2.24, 2.45) is 5.92 Å². The number of carboxylic acids is 1. The molecule has 15 heavy (non-hydrogen) atoms. The van der Waals surface area contributed by atoms with Crippen LogP contribution in [0.5, 0.6) is 0 Å². The summed E-state index contributed by atoms with van der Waals surface area (Å²) in [6.07, 6.45) is 8.02. The fraction of sp³-hybridized carbons (Fsp3) is 0.917. The van der Waals surface area contributed by atoms with Crippen molar-refractivity contribution in [2.45, 2.75) is 45.4 Å². The molecule has 0 radical (unpaired) electrons. The molecular formula is C12H23NO2. The van der Waals surface area contributed by atoms with E-state index >= 15 is 0 Å². The van der Waals surface area contributed by atoms with Crippen LogP contribution in [-0.4, -0.2) is 35.6 Å². The van der Waals surface area contributed by atoms with Crippen molar-refractivity contribution in [1.82, 2.24) is 4.90 Å². The molecule has 1 rings (SSSR count). The summed E-state index contributed by atoms with van der Waals surface area (Å²) in [5.74, 6) is 0.141. The lowest BCUT2D eigenvalue weighted by molar-refractivity contribution is -0.138. The highest BCUT2D eigenvalue weighted by Crippen LogP contribution is 2.26. The van der Waals surface area contributed by atoms with E-state index < -0.39 is 5.97 Å². The summed E-state index contributed by atoms with van der Waals surface area (Å²) in [7, 11) is 0. The number of aliphatic carboxylic acids is 1. The van der Waals surface area contributed by atoms with Gasteiger partial charge in [-0.15, -0.1) is 0 Å². The topological polar surface area (TPSA) is 40.5 Å². The minimum Gasteiger partial charge on any atom is -0.480 e. The van der Waals surface area contributed by atoms with Crippen LogP contribution < -0.4 is 0 Å². The highest BCUT2D eigenvalue weighted by molar-refractivity contribution is 5.69. The Balaban J connectivity index is 2.17. The van der Waals surface area contributed by atoms with Gasteiger partial charge >= 0.3 is 5.97 Å². The number of likely N-dealkylation sites (N-methyl/N-ethyl adjacent to an activating group) is 1. The van der Waals surface area contributed by atoms with Crippen LogP contribution in [-0.2, 0) is 4.79 Å². The summed E-state index contributed by atoms with van der Waals surface area (Å²) in [5, 5.41) is 8.71. The Bertz CT molecular complexity index is 188. The molecule has 0 bridgehead atoms. The molecule has 0 aromatic carbocycles. The molecule has 88 valence electrons. The van der Waals surface area contributed by atoms with Crippen molar-refractivity contribution in [3.8, 4) is 0 Å². The first-order valence-electron chi connectivity index (χ1n) is 6.16. The number of hydrogen-bond acceptors (Lipinski definition) is 2. The molecule has 3 heteroatoms. The van der Waals surface area contributed by atoms with Crippen LogP contribution in [0.4, 0.5) is 0 Å². The lowest BCUT2D eigenvalue weighted by Crippen LogP contribution is -2.31. The van der Waals surface area contributed by atoms with E-state index in [4.69, 9.17) is 5.11 Å². The van der Waals surface area contributed by atoms with Gasteiger partial charge in [-0.3, -0.25) is 9.69 Å². The fourth-order valence-corrected chi connectivity index (χ4v) is 2.38. The van der Waals surface area contributed by atoms with E-state index in [2.05, 4.69) is 0 Å². The molecule has 0 saturated heterocycles. The number of hydrogen-bond donors (Lipinski definition) is 1. The SMILES string of the molecule is CCN(CCC1CCCCC1)CC(=O)O. The van der Waals surface area contributed by atoms with Crippen molar-refractivity contribution < 1.29 is 9.90 Å². The smallest absolute Gasteiger partial charge is 0.317 e. The number of rotatable bonds is 6. The maximum atomic E-state index is 10.6. The van der Waals surface area contributed by atoms with Gasteiger partial charge in [0.1, 0.15) is 0 Å². The molecule has 0 heterocycles. The minimum atomic E-state index is -0.708. The molecule has 0 aliphatic heterocycles. The van der Waals surface area contributed by atoms with E-state index in [1.807, 2.05) is 11.8 Å². The summed E-state index contributed by atoms with van der Waals surface area (Å²) in [6, 6.07) is 0. The van der Waals surface area contributed by atoms with Gasteiger partial charge in [0.15, 0.2) is 0 Å². The van der Waals surface area contributed by atoms with Crippen LogP contribution in [0.25, 0.3) is 0 Å². The molecule has 0 amide bonds. The van der Waals surface area contributed by atoms with E-state index in [1.54, 1.807) is 0 Å². The Labute approximate surface area is 92.5 Å². The number of nitrogens with zero attached hydrogens (tertiary/aromatic N) is 1. The molecule has 0 spiro atoms. The van der Waals surface area contributed by atoms with Crippen LogP contribution in [0.1, 0.15) is 45.4 Å². The van der Waals surface area contributed by atoms with E-state index in [-0.39, 0.29) is 6.54 Å². The third-order valence-corrected chi connectivity index (χ3v) is 3.38. The van der Waals surface area contributed by atoms with Crippen molar-refractivity contribution in [1.29, 1.82) is 0 Å². The van der Waals surface area contributed by atoms with Gasteiger partial charge in [-0.2, -0.15) is 0 Å². The zero-order valence-electron chi connectivity index (χ0n) is 9.74. The van der Waals surface area contributed by atoms with Gasteiger partial charge in [-0.05, 0) is 25.4 Å². The second-order valence-electron chi connectivity index (χ2n) is 4.56. The standard InChI is InChI=1S/C12H23NO2/c1-2-13(10-12(14)15)9-8-11-6-4-3-5-7-11/h11H,2-10H2,1H3,(H,14,15). The van der Waals surface area contributed by atoms with Gasteiger partial charge in [-0.25, -0.2) is 0 Å². The van der Waals surface area contributed by atoms with E-state index in [0.717, 1.165) is 19.0 Å². The summed E-state index contributed by atoms with van der Waals surface area (Å²) >= 11 is 0. The Morgan fingerprint density at radius 2 is 2.00 bits per heavy atom. The number of carboxylic acid groups (broad SMARTS) is 1. The van der Waals surface area contributed by atoms with Gasteiger partial charge in [0, 0.05) is 0 Å². The molecule has 1 fully saturated rings. The highest BCUT2D eigenvalue weighted by atomic mass is 16.4. The van der Waals surface area contributed by atoms with Gasteiger partial charge in [0.2, 0.25) is 0 Å². The molecule has 0 atom stereocenters. The van der Waals surface area contributed by atoms with Gasteiger partial charge in [0.05, 0.1) is 6.54 Å². The van der Waals surface area contributed by atoms with Crippen LogP contribution >= 0.6 is 0 Å². The second-order valence-corrected chi connectivity index (χ2v) is 4.56. The lowest BCUT2D eigenvalue weighted by atomic mass is 9.87. The van der Waals surface area contributed by atoms with Gasteiger partial charge in [-0.1, -0.05) is 39.0 Å². The van der Waals surface area contributed by atoms with E-state index in [1.165, 1.54) is 38.5 Å². The van der Waals surface area contributed by atoms with Crippen LogP contribution in [0, 0.1) is 5.92 Å². The lowest BCUT2D eigenvalue weighted by Gasteiger charge is -2.25. The Morgan fingerprint density at radius 3 is 2.53 bits per heavy atom. The molecule has 1 aliphatic carbocycles. The number of carbonyl (C=O) groups is 1. The van der Waals surface area contributed by atoms with Crippen molar-refractivity contribution in [2.75, 3.05) is 19.6 Å². The summed E-state index contributed by atoms with van der Waals surface area (Å²) in [5.41, 5.74) is 0. The summed E-state index contributed by atoms with van der Waals surface area (Å²) in [4.78, 5) is 12.6. The fourth-order valence-electron chi connectivity index (χ4n) is 2.38. The molecule has 1 saturated carbocycles. The van der Waals surface area contributed by atoms with E-state index in [0.29, 0.717) is 0 Å². The monoisotopic (exact) mass is 213 g/mol. The average molecular weight is 213 g/mol. The van der Waals surface area contributed by atoms with E-state index in [9.17, 15) is 4.79 Å². The van der Waals surface area contributed by atoms with Crippen LogP contribution in [0.3, 0.4) is 0 Å². The largest absolute Gasteiger partial charge is 0.480 e. The molecule has 3 nitrogen and oxygen atoms in total. The second kappa shape index (κ2) is 6.83. The highest BCUT2D eigenvalue weighted by Gasteiger charge is 2.15. The predicted molar refractivity (Wildman–Crippen MR) is 60.9 cm³/mol. The third-order valence-electron chi connectivity index (χ3n) is 3.38. The average Bonchev–Trinajstić information content (AvgIpc) is 2.25. The van der Waals surface area contributed by atoms with Crippen LogP contribution in [0.15, 0.2) is 0 Å². The normalized spacial score (nSPS) is 18.3. The van der Waals surface area contributed by atoms with Crippen molar-refractivity contribution >= 4 is 5.97 Å². The van der Waals surface area contributed by atoms with Gasteiger partial charge in [0.25, 0.3) is 0 Å². The zero-order valence-corrected chi connectivity index (χ0v) is 9.74. The molecule has 1 aliphatic rings. The molecule has 0 aromatic heterocycles. The maximum Gasteiger partial charge on any atom is 0.317 e. The first-order chi connectivity index (χ1) is 7.22. The van der Waals surface area contributed by atoms with Crippen molar-refractivity contribution in [3.63, 3.8) is 0 Å². The first kappa shape index (κ1) is 12.5. The molecular weight excluding hydrogens is 190 g/mol. The molecule has 1 N–H and O–H groups in total. The zero-order chi connectivity index (χ0) is 11.1.